The Morgan fingerprint density at radius 2 is 1.79 bits per heavy atom. The van der Waals surface area contributed by atoms with E-state index in [1.807, 2.05) is 0 Å². The molecule has 1 heterocycles. The van der Waals surface area contributed by atoms with Gasteiger partial charge < -0.3 is 0 Å². The minimum absolute atomic E-state index is 0.00181. The van der Waals surface area contributed by atoms with Gasteiger partial charge in [0.15, 0.2) is 0 Å². The summed E-state index contributed by atoms with van der Waals surface area (Å²) in [6, 6.07) is 4.36. The summed E-state index contributed by atoms with van der Waals surface area (Å²) in [5, 5.41) is 3.60. The van der Waals surface area contributed by atoms with Gasteiger partial charge in [-0.15, -0.1) is 0 Å². The van der Waals surface area contributed by atoms with Gasteiger partial charge in [-0.2, -0.15) is 23.0 Å². The number of nitrogens with zero attached hydrogens (tertiary/aromatic N) is 2. The van der Waals surface area contributed by atoms with E-state index in [9.17, 15) is 26.4 Å². The van der Waals surface area contributed by atoms with Crippen LogP contribution in [0.3, 0.4) is 0 Å². The van der Waals surface area contributed by atoms with E-state index < -0.39 is 33.7 Å². The first-order valence-electron chi connectivity index (χ1n) is 8.62. The quantitative estimate of drug-likeness (QED) is 0.734. The average molecular weight is 470 g/mol. The summed E-state index contributed by atoms with van der Waals surface area (Å²) in [6.45, 7) is 0. The molecular formula is C17H16Cl2F3N3O3S. The van der Waals surface area contributed by atoms with Crippen LogP contribution in [0.15, 0.2) is 40.2 Å². The van der Waals surface area contributed by atoms with Gasteiger partial charge in [0.1, 0.15) is 5.02 Å². The molecule has 1 aliphatic carbocycles. The third-order valence-corrected chi connectivity index (χ3v) is 7.01. The van der Waals surface area contributed by atoms with Gasteiger partial charge in [-0.1, -0.05) is 29.6 Å². The van der Waals surface area contributed by atoms with Crippen molar-refractivity contribution in [1.82, 2.24) is 14.5 Å². The molecule has 1 saturated carbocycles. The standard InChI is InChI=1S/C17H16Cl2F3N3O3S/c18-14-9-23-25(16(26)15(14)19)12-4-6-13(7-5-12)29(27,28)24-11-3-1-2-10(8-11)17(20,21)22/h4-7,9-11,24H,1-3,8H2. The molecule has 1 fully saturated rings. The van der Waals surface area contributed by atoms with E-state index in [1.54, 1.807) is 0 Å². The van der Waals surface area contributed by atoms with Gasteiger partial charge in [-0.25, -0.2) is 13.1 Å². The SMILES string of the molecule is O=c1c(Cl)c(Cl)cnn1-c1ccc(S(=O)(=O)NC2CCCC(C(F)(F)F)C2)cc1. The zero-order valence-electron chi connectivity index (χ0n) is 14.8. The summed E-state index contributed by atoms with van der Waals surface area (Å²) in [7, 11) is -4.03. The lowest BCUT2D eigenvalue weighted by Crippen LogP contribution is -2.41. The lowest BCUT2D eigenvalue weighted by molar-refractivity contribution is -0.183. The maximum Gasteiger partial charge on any atom is 0.391 e. The van der Waals surface area contributed by atoms with Gasteiger partial charge in [-0.05, 0) is 43.5 Å². The smallest absolute Gasteiger partial charge is 0.266 e. The molecule has 1 N–H and O–H groups in total. The minimum Gasteiger partial charge on any atom is -0.266 e. The van der Waals surface area contributed by atoms with Crippen LogP contribution >= 0.6 is 23.2 Å². The molecule has 0 amide bonds. The lowest BCUT2D eigenvalue weighted by Gasteiger charge is -2.30. The molecule has 12 heteroatoms. The highest BCUT2D eigenvalue weighted by molar-refractivity contribution is 7.89. The van der Waals surface area contributed by atoms with Gasteiger partial charge in [-0.3, -0.25) is 4.79 Å². The van der Waals surface area contributed by atoms with E-state index in [1.165, 1.54) is 30.5 Å². The first-order chi connectivity index (χ1) is 13.5. The predicted molar refractivity (Wildman–Crippen MR) is 102 cm³/mol. The second-order valence-electron chi connectivity index (χ2n) is 6.74. The Bertz CT molecular complexity index is 1060. The molecule has 3 rings (SSSR count). The first-order valence-corrected chi connectivity index (χ1v) is 10.9. The minimum atomic E-state index is -4.34. The lowest BCUT2D eigenvalue weighted by atomic mass is 9.86. The second-order valence-corrected chi connectivity index (χ2v) is 9.24. The Hall–Kier alpha value is -1.62. The van der Waals surface area contributed by atoms with Crippen LogP contribution in [0.25, 0.3) is 5.69 Å². The van der Waals surface area contributed by atoms with Crippen molar-refractivity contribution >= 4 is 33.2 Å². The van der Waals surface area contributed by atoms with Crippen molar-refractivity contribution in [1.29, 1.82) is 0 Å². The van der Waals surface area contributed by atoms with Crippen LogP contribution in [0, 0.1) is 5.92 Å². The van der Waals surface area contributed by atoms with Gasteiger partial charge in [0, 0.05) is 6.04 Å². The number of alkyl halides is 3. The number of sulfonamides is 1. The Morgan fingerprint density at radius 3 is 2.41 bits per heavy atom. The third-order valence-electron chi connectivity index (χ3n) is 4.73. The zero-order valence-corrected chi connectivity index (χ0v) is 17.1. The number of rotatable bonds is 4. The molecule has 2 unspecified atom stereocenters. The summed E-state index contributed by atoms with van der Waals surface area (Å²) < 4.78 is 67.2. The fourth-order valence-corrected chi connectivity index (χ4v) is 4.78. The molecule has 29 heavy (non-hydrogen) atoms. The van der Waals surface area contributed by atoms with Gasteiger partial charge in [0.25, 0.3) is 5.56 Å². The van der Waals surface area contributed by atoms with Gasteiger partial charge in [0.05, 0.1) is 27.7 Å². The predicted octanol–water partition coefficient (Wildman–Crippen LogP) is 3.94. The van der Waals surface area contributed by atoms with E-state index in [0.717, 1.165) is 4.68 Å². The molecule has 0 saturated heterocycles. The number of hydrogen-bond acceptors (Lipinski definition) is 4. The zero-order chi connectivity index (χ0) is 21.4. The topological polar surface area (TPSA) is 81.1 Å². The highest BCUT2D eigenvalue weighted by Gasteiger charge is 2.42. The molecular weight excluding hydrogens is 454 g/mol. The van der Waals surface area contributed by atoms with Crippen molar-refractivity contribution in [2.75, 3.05) is 0 Å². The Balaban J connectivity index is 1.79. The molecule has 6 nitrogen and oxygen atoms in total. The van der Waals surface area contributed by atoms with Crippen molar-refractivity contribution in [2.24, 2.45) is 5.92 Å². The fraction of sp³-hybridized carbons (Fsp3) is 0.412. The summed E-state index contributed by atoms with van der Waals surface area (Å²) in [4.78, 5) is 12.0. The first kappa shape index (κ1) is 22.1. The van der Waals surface area contributed by atoms with E-state index in [4.69, 9.17) is 23.2 Å². The van der Waals surface area contributed by atoms with Crippen molar-refractivity contribution in [2.45, 2.75) is 42.8 Å². The molecule has 0 spiro atoms. The van der Waals surface area contributed by atoms with E-state index in [-0.39, 0.29) is 33.5 Å². The fourth-order valence-electron chi connectivity index (χ4n) is 3.24. The summed E-state index contributed by atoms with van der Waals surface area (Å²) in [6.07, 6.45) is -2.82. The monoisotopic (exact) mass is 469 g/mol. The van der Waals surface area contributed by atoms with Gasteiger partial charge in [0.2, 0.25) is 10.0 Å². The second kappa shape index (κ2) is 8.25. The molecule has 0 radical (unpaired) electrons. The average Bonchev–Trinajstić information content (AvgIpc) is 2.66. The molecule has 0 bridgehead atoms. The molecule has 1 aromatic heterocycles. The Morgan fingerprint density at radius 1 is 1.14 bits per heavy atom. The van der Waals surface area contributed by atoms with Crippen molar-refractivity contribution in [3.05, 3.63) is 50.9 Å². The maximum atomic E-state index is 12.9. The van der Waals surface area contributed by atoms with Crippen molar-refractivity contribution in [3.63, 3.8) is 0 Å². The highest BCUT2D eigenvalue weighted by atomic mass is 35.5. The Labute approximate surface area is 174 Å². The van der Waals surface area contributed by atoms with Crippen LogP contribution in [-0.2, 0) is 10.0 Å². The maximum absolute atomic E-state index is 12.9. The van der Waals surface area contributed by atoms with Crippen LogP contribution < -0.4 is 10.3 Å². The van der Waals surface area contributed by atoms with E-state index in [0.29, 0.717) is 12.8 Å². The van der Waals surface area contributed by atoms with E-state index >= 15 is 0 Å². The number of halogens is 5. The van der Waals surface area contributed by atoms with Crippen LogP contribution in [0.1, 0.15) is 25.7 Å². The number of benzene rings is 1. The van der Waals surface area contributed by atoms with Crippen LogP contribution in [0.4, 0.5) is 13.2 Å². The van der Waals surface area contributed by atoms with Crippen molar-refractivity contribution < 1.29 is 21.6 Å². The summed E-state index contributed by atoms with van der Waals surface area (Å²) in [5.41, 5.74) is -0.421. The normalized spacial score (nSPS) is 20.6. The van der Waals surface area contributed by atoms with Crippen LogP contribution in [0.5, 0.6) is 0 Å². The van der Waals surface area contributed by atoms with Crippen molar-refractivity contribution in [3.8, 4) is 5.69 Å². The Kier molecular flexibility index (Phi) is 6.28. The third kappa shape index (κ3) is 4.93. The molecule has 1 aliphatic rings. The number of aromatic nitrogens is 2. The summed E-state index contributed by atoms with van der Waals surface area (Å²) in [5.74, 6) is -1.51. The van der Waals surface area contributed by atoms with E-state index in [2.05, 4.69) is 9.82 Å². The van der Waals surface area contributed by atoms with Crippen LogP contribution in [-0.4, -0.2) is 30.4 Å². The molecule has 2 aromatic rings. The largest absolute Gasteiger partial charge is 0.391 e. The number of hydrogen-bond donors (Lipinski definition) is 1. The molecule has 0 aliphatic heterocycles. The van der Waals surface area contributed by atoms with Crippen LogP contribution in [0.2, 0.25) is 10.0 Å². The number of nitrogens with one attached hydrogen (secondary N) is 1. The summed E-state index contributed by atoms with van der Waals surface area (Å²) >= 11 is 11.5. The molecule has 158 valence electrons. The molecule has 2 atom stereocenters. The van der Waals surface area contributed by atoms with Gasteiger partial charge >= 0.3 is 6.18 Å². The highest BCUT2D eigenvalue weighted by Crippen LogP contribution is 2.37. The molecule has 1 aromatic carbocycles.